The van der Waals surface area contributed by atoms with Crippen LogP contribution < -0.4 is 0 Å². The van der Waals surface area contributed by atoms with Gasteiger partial charge in [-0.3, -0.25) is 0 Å². The van der Waals surface area contributed by atoms with Crippen LogP contribution in [0.15, 0.2) is 30.5 Å². The lowest BCUT2D eigenvalue weighted by molar-refractivity contribution is -0.142. The number of hydrogen-bond donors (Lipinski definition) is 0. The molecule has 0 atom stereocenters. The average Bonchev–Trinajstić information content (AvgIpc) is 2.90. The molecular weight excluding hydrogens is 278 g/mol. The van der Waals surface area contributed by atoms with Gasteiger partial charge in [0.05, 0.1) is 12.7 Å². The van der Waals surface area contributed by atoms with Gasteiger partial charge in [-0.25, -0.2) is 4.68 Å². The maximum absolute atomic E-state index is 5.86. The fourth-order valence-corrected chi connectivity index (χ4v) is 1.92. The van der Waals surface area contributed by atoms with E-state index in [1.54, 1.807) is 4.68 Å². The molecule has 1 heterocycles. The minimum absolute atomic E-state index is 0.455. The molecule has 0 aliphatic carbocycles. The van der Waals surface area contributed by atoms with Crippen molar-refractivity contribution in [1.29, 1.82) is 0 Å². The largest absolute Gasteiger partial charge is 0.347 e. The molecule has 0 saturated heterocycles. The van der Waals surface area contributed by atoms with E-state index < -0.39 is 6.29 Å². The van der Waals surface area contributed by atoms with Crippen LogP contribution in [0.25, 0.3) is 0 Å². The van der Waals surface area contributed by atoms with Gasteiger partial charge >= 0.3 is 0 Å². The van der Waals surface area contributed by atoms with Crippen molar-refractivity contribution in [2.24, 2.45) is 0 Å². The molecular formula is C14H18ClN3O2. The van der Waals surface area contributed by atoms with E-state index in [2.05, 4.69) is 10.3 Å². The van der Waals surface area contributed by atoms with Gasteiger partial charge in [0.15, 0.2) is 0 Å². The average molecular weight is 296 g/mol. The Bertz CT molecular complexity index is 521. The van der Waals surface area contributed by atoms with E-state index >= 15 is 0 Å². The third-order valence-electron chi connectivity index (χ3n) is 2.69. The maximum Gasteiger partial charge on any atom is 0.204 e. The fourth-order valence-electron chi connectivity index (χ4n) is 1.80. The van der Waals surface area contributed by atoms with Crippen molar-refractivity contribution in [3.8, 4) is 0 Å². The highest BCUT2D eigenvalue weighted by Crippen LogP contribution is 2.16. The Kier molecular flexibility index (Phi) is 5.52. The summed E-state index contributed by atoms with van der Waals surface area (Å²) in [6, 6.07) is 7.65. The zero-order valence-corrected chi connectivity index (χ0v) is 12.4. The molecule has 0 fully saturated rings. The second kappa shape index (κ2) is 7.38. The highest BCUT2D eigenvalue weighted by atomic mass is 35.5. The SMILES string of the molecule is CCOC(OCC)c1cn(Cc2ccc(Cl)cc2)nn1. The van der Waals surface area contributed by atoms with E-state index in [-0.39, 0.29) is 0 Å². The molecule has 0 aliphatic heterocycles. The quantitative estimate of drug-likeness (QED) is 0.737. The molecule has 0 unspecified atom stereocenters. The number of benzene rings is 1. The van der Waals surface area contributed by atoms with Gasteiger partial charge in [-0.2, -0.15) is 0 Å². The van der Waals surface area contributed by atoms with Gasteiger partial charge in [-0.05, 0) is 31.5 Å². The van der Waals surface area contributed by atoms with E-state index in [1.165, 1.54) is 0 Å². The second-order valence-electron chi connectivity index (χ2n) is 4.21. The zero-order chi connectivity index (χ0) is 14.4. The van der Waals surface area contributed by atoms with Gasteiger partial charge in [-0.15, -0.1) is 5.10 Å². The minimum atomic E-state index is -0.455. The summed E-state index contributed by atoms with van der Waals surface area (Å²) >= 11 is 5.86. The number of ether oxygens (including phenoxy) is 2. The van der Waals surface area contributed by atoms with Crippen molar-refractivity contribution in [2.45, 2.75) is 26.7 Å². The summed E-state index contributed by atoms with van der Waals surface area (Å²) in [5.74, 6) is 0. The molecule has 108 valence electrons. The predicted molar refractivity (Wildman–Crippen MR) is 76.6 cm³/mol. The van der Waals surface area contributed by atoms with E-state index in [9.17, 15) is 0 Å². The topological polar surface area (TPSA) is 49.2 Å². The van der Waals surface area contributed by atoms with Crippen molar-refractivity contribution in [1.82, 2.24) is 15.0 Å². The Morgan fingerprint density at radius 2 is 1.80 bits per heavy atom. The minimum Gasteiger partial charge on any atom is -0.347 e. The summed E-state index contributed by atoms with van der Waals surface area (Å²) in [5, 5.41) is 8.92. The molecule has 0 N–H and O–H groups in total. The number of halogens is 1. The third kappa shape index (κ3) is 4.03. The molecule has 6 heteroatoms. The first-order valence-corrected chi connectivity index (χ1v) is 6.98. The predicted octanol–water partition coefficient (Wildman–Crippen LogP) is 3.05. The van der Waals surface area contributed by atoms with Crippen LogP contribution in [0.3, 0.4) is 0 Å². The molecule has 20 heavy (non-hydrogen) atoms. The summed E-state index contributed by atoms with van der Waals surface area (Å²) in [5.41, 5.74) is 1.79. The van der Waals surface area contributed by atoms with E-state index in [0.29, 0.717) is 25.5 Å². The highest BCUT2D eigenvalue weighted by molar-refractivity contribution is 6.30. The normalized spacial score (nSPS) is 11.2. The Hall–Kier alpha value is -1.43. The van der Waals surface area contributed by atoms with Gasteiger partial charge in [0.1, 0.15) is 5.69 Å². The lowest BCUT2D eigenvalue weighted by Crippen LogP contribution is -2.09. The van der Waals surface area contributed by atoms with Crippen molar-refractivity contribution >= 4 is 11.6 Å². The molecule has 0 amide bonds. The summed E-state index contributed by atoms with van der Waals surface area (Å²) in [4.78, 5) is 0. The fraction of sp³-hybridized carbons (Fsp3) is 0.429. The maximum atomic E-state index is 5.86. The Morgan fingerprint density at radius 1 is 1.15 bits per heavy atom. The molecule has 0 aliphatic rings. The van der Waals surface area contributed by atoms with Crippen molar-refractivity contribution in [3.05, 3.63) is 46.7 Å². The third-order valence-corrected chi connectivity index (χ3v) is 2.94. The van der Waals surface area contributed by atoms with Crippen LogP contribution in [-0.2, 0) is 16.0 Å². The molecule has 2 rings (SSSR count). The van der Waals surface area contributed by atoms with Crippen LogP contribution in [0.5, 0.6) is 0 Å². The zero-order valence-electron chi connectivity index (χ0n) is 11.6. The van der Waals surface area contributed by atoms with Crippen LogP contribution in [-0.4, -0.2) is 28.2 Å². The Balaban J connectivity index is 2.05. The molecule has 1 aromatic heterocycles. The van der Waals surface area contributed by atoms with E-state index in [4.69, 9.17) is 21.1 Å². The molecule has 2 aromatic rings. The van der Waals surface area contributed by atoms with Crippen LogP contribution in [0.2, 0.25) is 5.02 Å². The van der Waals surface area contributed by atoms with E-state index in [0.717, 1.165) is 10.6 Å². The van der Waals surface area contributed by atoms with Gasteiger partial charge < -0.3 is 9.47 Å². The summed E-state index contributed by atoms with van der Waals surface area (Å²) < 4.78 is 12.7. The molecule has 1 aromatic carbocycles. The van der Waals surface area contributed by atoms with E-state index in [1.807, 2.05) is 44.3 Å². The monoisotopic (exact) mass is 295 g/mol. The lowest BCUT2D eigenvalue weighted by atomic mass is 10.2. The number of hydrogen-bond acceptors (Lipinski definition) is 4. The standard InChI is InChI=1S/C14H18ClN3O2/c1-3-19-14(20-4-2)13-10-18(17-16-13)9-11-5-7-12(15)8-6-11/h5-8,10,14H,3-4,9H2,1-2H3. The van der Waals surface area contributed by atoms with Crippen LogP contribution >= 0.6 is 11.6 Å². The first-order chi connectivity index (χ1) is 9.72. The summed E-state index contributed by atoms with van der Waals surface area (Å²) in [7, 11) is 0. The molecule has 0 saturated carbocycles. The van der Waals surface area contributed by atoms with Gasteiger partial charge in [0.2, 0.25) is 6.29 Å². The smallest absolute Gasteiger partial charge is 0.204 e. The van der Waals surface area contributed by atoms with Crippen LogP contribution in [0, 0.1) is 0 Å². The highest BCUT2D eigenvalue weighted by Gasteiger charge is 2.15. The first kappa shape index (κ1) is 15.0. The van der Waals surface area contributed by atoms with Crippen molar-refractivity contribution in [2.75, 3.05) is 13.2 Å². The van der Waals surface area contributed by atoms with Gasteiger partial charge in [0.25, 0.3) is 0 Å². The van der Waals surface area contributed by atoms with Crippen molar-refractivity contribution < 1.29 is 9.47 Å². The number of nitrogens with zero attached hydrogens (tertiary/aromatic N) is 3. The van der Waals surface area contributed by atoms with Gasteiger partial charge in [0, 0.05) is 18.2 Å². The molecule has 5 nitrogen and oxygen atoms in total. The summed E-state index contributed by atoms with van der Waals surface area (Å²) in [6.07, 6.45) is 1.38. The van der Waals surface area contributed by atoms with Crippen LogP contribution in [0.1, 0.15) is 31.4 Å². The Labute approximate surface area is 123 Å². The summed E-state index contributed by atoms with van der Waals surface area (Å²) in [6.45, 7) is 5.60. The number of aromatic nitrogens is 3. The second-order valence-corrected chi connectivity index (χ2v) is 4.65. The Morgan fingerprint density at radius 3 is 2.40 bits per heavy atom. The molecule has 0 bridgehead atoms. The first-order valence-electron chi connectivity index (χ1n) is 6.60. The van der Waals surface area contributed by atoms with Crippen molar-refractivity contribution in [3.63, 3.8) is 0 Å². The lowest BCUT2D eigenvalue weighted by Gasteiger charge is -2.13. The van der Waals surface area contributed by atoms with Crippen LogP contribution in [0.4, 0.5) is 0 Å². The molecule has 0 radical (unpaired) electrons. The number of rotatable bonds is 7. The molecule has 0 spiro atoms. The van der Waals surface area contributed by atoms with Gasteiger partial charge in [-0.1, -0.05) is 28.9 Å².